The molecule has 5 saturated heterocycles. The maximum Gasteiger partial charge on any atom is 0.491 e. The Morgan fingerprint density at radius 2 is 0.574 bits per heavy atom. The number of aliphatic hydroxyl groups excluding tert-OH is 10. The summed E-state index contributed by atoms with van der Waals surface area (Å²) in [4.78, 5) is 191. The first-order chi connectivity index (χ1) is 57.1. The molecule has 0 bridgehead atoms. The third-order valence-corrected chi connectivity index (χ3v) is 25.0. The van der Waals surface area contributed by atoms with Crippen LogP contribution in [0.25, 0.3) is 0 Å². The lowest BCUT2D eigenvalue weighted by Crippen LogP contribution is -2.41. The molecule has 10 heterocycles. The van der Waals surface area contributed by atoms with Gasteiger partial charge in [0.1, 0.15) is 91.6 Å². The van der Waals surface area contributed by atoms with Crippen LogP contribution < -0.4 is 61.1 Å². The van der Waals surface area contributed by atoms with Gasteiger partial charge in [-0.25, -0.2) is 46.8 Å². The van der Waals surface area contributed by atoms with E-state index in [1.165, 1.54) is 11.9 Å². The fraction of sp³-hybridized carbons (Fsp3) is 0.527. The molecule has 5 aliphatic rings. The summed E-state index contributed by atoms with van der Waals surface area (Å²) in [5.41, 5.74) is -12.2. The molecule has 5 aliphatic heterocycles. The van der Waals surface area contributed by atoms with Crippen molar-refractivity contribution in [2.24, 2.45) is 0 Å². The molecular weight excluding hydrogens is 1810 g/mol. The van der Waals surface area contributed by atoms with E-state index >= 15 is 27.4 Å². The number of H-pyrrole nitrogens is 5. The first-order valence-electron chi connectivity index (χ1n) is 34.5. The van der Waals surface area contributed by atoms with E-state index in [1.54, 1.807) is 19.9 Å². The molecule has 122 heavy (non-hydrogen) atoms. The first kappa shape index (κ1) is 95.4. The Bertz CT molecular complexity index is 5210. The Labute approximate surface area is 678 Å². The number of anilines is 1. The van der Waals surface area contributed by atoms with E-state index in [9.17, 15) is 123 Å². The maximum atomic E-state index is 17.7. The molecule has 6 aromatic rings. The van der Waals surface area contributed by atoms with Crippen LogP contribution in [0.15, 0.2) is 134 Å². The van der Waals surface area contributed by atoms with Crippen LogP contribution in [0.3, 0.4) is 0 Å². The summed E-state index contributed by atoms with van der Waals surface area (Å²) in [7, 11) is -41.8. The van der Waals surface area contributed by atoms with Gasteiger partial charge in [-0.1, -0.05) is 17.0 Å². The van der Waals surface area contributed by atoms with Crippen molar-refractivity contribution in [3.63, 3.8) is 0 Å². The second-order valence-electron chi connectivity index (χ2n) is 26.3. The highest BCUT2D eigenvalue weighted by molar-refractivity contribution is 7.59. The molecule has 1 aromatic carbocycles. The van der Waals surface area contributed by atoms with Gasteiger partial charge in [-0.2, -0.15) is 23.1 Å². The zero-order valence-electron chi connectivity index (χ0n) is 61.2. The molecule has 0 spiro atoms. The number of alkyl halides is 1. The Morgan fingerprint density at radius 1 is 0.352 bits per heavy atom. The number of nitrogens with zero attached hydrogens (tertiary/aromatic N) is 9. The number of nitrogens with one attached hydrogen (secondary N) is 5. The van der Waals surface area contributed by atoms with Crippen LogP contribution >= 0.6 is 58.3 Å². The van der Waals surface area contributed by atoms with Gasteiger partial charge in [0.2, 0.25) is 0 Å². The van der Waals surface area contributed by atoms with Crippen molar-refractivity contribution < 1.29 is 172 Å². The quantitative estimate of drug-likeness (QED) is 0.00972. The number of aromatic nitrogens is 10. The number of hydrogen-bond acceptors (Lipinski definition) is 42. The normalized spacial score (nSPS) is 30.4. The van der Waals surface area contributed by atoms with Gasteiger partial charge in [-0.3, -0.25) is 98.9 Å². The summed E-state index contributed by atoms with van der Waals surface area (Å²) >= 11 is 5.99. The van der Waals surface area contributed by atoms with Crippen molar-refractivity contribution in [1.29, 1.82) is 0 Å². The van der Waals surface area contributed by atoms with Crippen LogP contribution in [0.1, 0.15) is 36.7 Å². The number of phosphoric acid groups is 5. The molecule has 67 heteroatoms. The Hall–Kier alpha value is -7.23. The molecule has 676 valence electrons. The van der Waals surface area contributed by atoms with Crippen molar-refractivity contribution in [3.8, 4) is 0 Å². The predicted molar refractivity (Wildman–Crippen MR) is 388 cm³/mol. The summed E-state index contributed by atoms with van der Waals surface area (Å²) in [6, 6.07) is 7.65. The standard InChI is InChI=1S/C55H73ClN14O46P6/c1-62(17-11-56)25-4-2-24(3-5-25)18-68(112-118(92,93)102-19-26-36(76)41(81)46(107-26)63-12-6-31(71)57-51(63)86)117(91,69(113-119(94,95)103-20-27-37(77)42(82)47(108-27)64-13-7-32(72)58-52(64)87)114-120(96,97)104-21-28-38(78)43(83)48(109-28)65-14-8-33(73)59-53(65)88)70(115-121(98,99)105-22-29-39(79)44(84)49(110-29)66-15-9-34(74)60-54(66)89)116-122(100,101)106-23-30-40(80)45(85)50(111-30)67-16-10-35(75)61-55(67)90/h2-10,12-16,26-30,36-50,76-85H,11,17-23H2,1H3,(H,92,93)(H,94,95)(H,96,97)(H,98,99)(H,100,101)(H,57,71,86)(H,58,72,87)(H,59,73,88)(H,60,74,89)(H,61,75,90)/t26-,27-,28-,29+,30+,36-,37-,38-,39+,40+,41-,42-,43-,44+,45+,46-,47-,48-,49+,50+,117?/m1/s1. The largest absolute Gasteiger partial charge is 0.491 e. The second-order valence-corrected chi connectivity index (χ2v) is 35.6. The van der Waals surface area contributed by atoms with Crippen LogP contribution in [0, 0.1) is 0 Å². The summed E-state index contributed by atoms with van der Waals surface area (Å²) in [6.07, 6.45) is -41.7. The third kappa shape index (κ3) is 22.2. The average Bonchev–Trinajstić information content (AvgIpc) is 1.36. The lowest BCUT2D eigenvalue weighted by atomic mass is 10.1. The average molecular weight is 1890 g/mol. The van der Waals surface area contributed by atoms with Crippen molar-refractivity contribution >= 4 is 64.0 Å². The predicted octanol–water partition coefficient (Wildman–Crippen LogP) is -9.03. The van der Waals surface area contributed by atoms with Gasteiger partial charge >= 0.3 is 75.2 Å². The Morgan fingerprint density at radius 3 is 0.787 bits per heavy atom. The van der Waals surface area contributed by atoms with Crippen LogP contribution in [0.4, 0.5) is 5.69 Å². The van der Waals surface area contributed by atoms with E-state index in [1.807, 2.05) is 4.98 Å². The molecule has 26 atom stereocenters. The number of hydroxylamine groups is 1. The van der Waals surface area contributed by atoms with Gasteiger partial charge < -0.3 is 104 Å². The molecular formula is C55H73ClN14O46P6. The Balaban J connectivity index is 1.07. The second kappa shape index (κ2) is 38.5. The maximum absolute atomic E-state index is 17.7. The SMILES string of the molecule is CN(CCCl)c1ccc(CN(OP(=O)(O)OC[C@H]2O[C@@H](n3ccc(=O)[nH]c3=O)[C@H](O)[C@@H]2O)P(=O)(N(OP(=O)(O)OC[C@@H]2O[C@H](n3ccc(=O)[nH]c3=O)[C@@H](O)[C@H]2O)OP(=O)(O)OC[C@@H]2O[C@H](n3ccc(=O)[nH]c3=O)[C@@H](O)[C@H]2O)N(OP(=O)(O)OC[C@H]2O[C@@H](n3ccc(=O)[nH]c3=O)[C@H](O)[C@@H]2O)OP(=O)(O)OC[C@H]2O[C@@H](n3ccc(=O)[nH]c3=O)[C@H](O)[C@@H]2O)cc1. The van der Waals surface area contributed by atoms with Crippen molar-refractivity contribution in [1.82, 2.24) is 62.6 Å². The van der Waals surface area contributed by atoms with Crippen LogP contribution in [-0.4, -0.2) is 282 Å². The van der Waals surface area contributed by atoms with Gasteiger partial charge in [-0.15, -0.1) is 11.6 Å². The first-order valence-corrected chi connectivity index (χ1v) is 44.0. The number of benzene rings is 1. The van der Waals surface area contributed by atoms with Crippen molar-refractivity contribution in [3.05, 3.63) is 195 Å². The van der Waals surface area contributed by atoms with Gasteiger partial charge in [0.15, 0.2) is 31.1 Å². The van der Waals surface area contributed by atoms with E-state index in [0.29, 0.717) is 71.9 Å². The van der Waals surface area contributed by atoms with Crippen molar-refractivity contribution in [2.75, 3.05) is 57.4 Å². The number of halogens is 1. The monoisotopic (exact) mass is 1890 g/mol. The molecule has 20 N–H and O–H groups in total. The van der Waals surface area contributed by atoms with Crippen LogP contribution in [0.2, 0.25) is 0 Å². The van der Waals surface area contributed by atoms with Gasteiger partial charge in [0, 0.05) is 96.5 Å². The molecule has 60 nitrogen and oxygen atoms in total. The topological polar surface area (TPSA) is 832 Å². The molecule has 0 radical (unpaired) electrons. The Kier molecular flexibility index (Phi) is 30.1. The van der Waals surface area contributed by atoms with Crippen LogP contribution in [0.5, 0.6) is 0 Å². The highest BCUT2D eigenvalue weighted by atomic mass is 35.5. The number of phosphoric ester groups is 5. The molecule has 6 unspecified atom stereocenters. The van der Waals surface area contributed by atoms with Crippen molar-refractivity contribution in [2.45, 2.75) is 129 Å². The summed E-state index contributed by atoms with van der Waals surface area (Å²) < 4.78 is 173. The van der Waals surface area contributed by atoms with E-state index in [4.69, 9.17) is 81.0 Å². The number of rotatable bonds is 38. The van der Waals surface area contributed by atoms with Crippen LogP contribution in [-0.2, 0) is 103 Å². The number of hydrogen-bond donors (Lipinski definition) is 20. The number of aromatic amines is 5. The highest BCUT2D eigenvalue weighted by Crippen LogP contribution is 2.71. The molecule has 11 rings (SSSR count). The summed E-state index contributed by atoms with van der Waals surface area (Å²) in [5, 5.41) is 112. The fourth-order valence-electron chi connectivity index (χ4n) is 11.9. The van der Waals surface area contributed by atoms with Gasteiger partial charge in [0.05, 0.1) is 39.6 Å². The zero-order valence-corrected chi connectivity index (χ0v) is 67.4. The lowest BCUT2D eigenvalue weighted by molar-refractivity contribution is -0.271. The van der Waals surface area contributed by atoms with E-state index in [2.05, 4.69) is 0 Å². The molecule has 0 amide bonds. The number of ether oxygens (including phenoxy) is 5. The number of aliphatic hydroxyl groups is 10. The highest BCUT2D eigenvalue weighted by Gasteiger charge is 2.62. The molecule has 0 saturated carbocycles. The van der Waals surface area contributed by atoms with Gasteiger partial charge in [0.25, 0.3) is 27.8 Å². The minimum Gasteiger partial charge on any atom is -0.387 e. The minimum absolute atomic E-state index is 0.0377. The summed E-state index contributed by atoms with van der Waals surface area (Å²) in [5.74, 6) is -0.0737. The van der Waals surface area contributed by atoms with E-state index in [0.717, 1.165) is 36.5 Å². The fourth-order valence-corrected chi connectivity index (χ4v) is 19.4. The minimum atomic E-state index is -8.03. The molecule has 5 fully saturated rings. The molecule has 0 aliphatic carbocycles. The van der Waals surface area contributed by atoms with E-state index < -0.39 is 286 Å². The molecule has 5 aromatic heterocycles. The smallest absolute Gasteiger partial charge is 0.387 e. The lowest BCUT2D eigenvalue weighted by Gasteiger charge is -2.40. The zero-order chi connectivity index (χ0) is 89.4. The van der Waals surface area contributed by atoms with Gasteiger partial charge in [-0.05, 0) is 17.7 Å². The van der Waals surface area contributed by atoms with E-state index in [-0.39, 0.29) is 18.1 Å². The third-order valence-electron chi connectivity index (χ3n) is 18.0. The summed E-state index contributed by atoms with van der Waals surface area (Å²) in [6.45, 7) is -10.6.